The fourth-order valence-electron chi connectivity index (χ4n) is 2.73. The summed E-state index contributed by atoms with van der Waals surface area (Å²) >= 11 is 1.54. The fraction of sp³-hybridized carbons (Fsp3) is 0.714. The van der Waals surface area contributed by atoms with Gasteiger partial charge in [-0.05, 0) is 24.7 Å². The Kier molecular flexibility index (Phi) is 4.75. The van der Waals surface area contributed by atoms with Gasteiger partial charge in [-0.1, -0.05) is 26.7 Å². The SMILES string of the molecule is CC(C)C1CCCC(NC(=O)Cc2cscn2)C1. The zero-order valence-corrected chi connectivity index (χ0v) is 12.0. The zero-order chi connectivity index (χ0) is 13.0. The molecular formula is C14H22N2OS. The van der Waals surface area contributed by atoms with Crippen LogP contribution in [0.5, 0.6) is 0 Å². The quantitative estimate of drug-likeness (QED) is 0.910. The standard InChI is InChI=1S/C14H22N2OS/c1-10(2)11-4-3-5-12(6-11)16-14(17)7-13-8-18-9-15-13/h8-12H,3-7H2,1-2H3,(H,16,17). The first-order valence-corrected chi connectivity index (χ1v) is 7.76. The van der Waals surface area contributed by atoms with Crippen LogP contribution in [0.4, 0.5) is 0 Å². The van der Waals surface area contributed by atoms with E-state index in [9.17, 15) is 4.79 Å². The highest BCUT2D eigenvalue weighted by Gasteiger charge is 2.25. The highest BCUT2D eigenvalue weighted by molar-refractivity contribution is 7.07. The van der Waals surface area contributed by atoms with Crippen molar-refractivity contribution in [1.29, 1.82) is 0 Å². The second-order valence-electron chi connectivity index (χ2n) is 5.59. The van der Waals surface area contributed by atoms with Crippen LogP contribution in [0.25, 0.3) is 0 Å². The Morgan fingerprint density at radius 1 is 1.56 bits per heavy atom. The summed E-state index contributed by atoms with van der Waals surface area (Å²) in [6, 6.07) is 0.372. The molecule has 1 fully saturated rings. The zero-order valence-electron chi connectivity index (χ0n) is 11.2. The maximum Gasteiger partial charge on any atom is 0.226 e. The summed E-state index contributed by atoms with van der Waals surface area (Å²) in [5, 5.41) is 5.11. The molecule has 1 aliphatic rings. The molecule has 1 aromatic heterocycles. The first-order valence-electron chi connectivity index (χ1n) is 6.81. The van der Waals surface area contributed by atoms with E-state index in [1.165, 1.54) is 12.8 Å². The number of aromatic nitrogens is 1. The lowest BCUT2D eigenvalue weighted by Gasteiger charge is -2.32. The van der Waals surface area contributed by atoms with Crippen molar-refractivity contribution in [3.05, 3.63) is 16.6 Å². The predicted octanol–water partition coefficient (Wildman–Crippen LogP) is 3.02. The van der Waals surface area contributed by atoms with Crippen molar-refractivity contribution in [2.24, 2.45) is 11.8 Å². The number of amides is 1. The van der Waals surface area contributed by atoms with Gasteiger partial charge in [0.15, 0.2) is 0 Å². The molecule has 100 valence electrons. The first kappa shape index (κ1) is 13.5. The Labute approximate surface area is 113 Å². The van der Waals surface area contributed by atoms with Crippen LogP contribution in [-0.2, 0) is 11.2 Å². The van der Waals surface area contributed by atoms with Gasteiger partial charge in [0.25, 0.3) is 0 Å². The van der Waals surface area contributed by atoms with E-state index in [4.69, 9.17) is 0 Å². The van der Waals surface area contributed by atoms with E-state index in [-0.39, 0.29) is 5.91 Å². The molecule has 0 spiro atoms. The minimum absolute atomic E-state index is 0.121. The van der Waals surface area contributed by atoms with E-state index in [1.807, 2.05) is 5.38 Å². The number of carbonyl (C=O) groups excluding carboxylic acids is 1. The number of hydrogen-bond donors (Lipinski definition) is 1. The van der Waals surface area contributed by atoms with Crippen LogP contribution in [0.3, 0.4) is 0 Å². The second-order valence-corrected chi connectivity index (χ2v) is 6.31. The monoisotopic (exact) mass is 266 g/mol. The summed E-state index contributed by atoms with van der Waals surface area (Å²) in [5.41, 5.74) is 2.66. The van der Waals surface area contributed by atoms with Gasteiger partial charge in [0.1, 0.15) is 0 Å². The molecule has 1 saturated carbocycles. The molecule has 0 bridgehead atoms. The Morgan fingerprint density at radius 3 is 3.06 bits per heavy atom. The van der Waals surface area contributed by atoms with Crippen molar-refractivity contribution in [2.45, 2.75) is 52.0 Å². The summed E-state index contributed by atoms with van der Waals surface area (Å²) in [6.45, 7) is 4.56. The highest BCUT2D eigenvalue weighted by Crippen LogP contribution is 2.29. The van der Waals surface area contributed by atoms with Gasteiger partial charge >= 0.3 is 0 Å². The summed E-state index contributed by atoms with van der Waals surface area (Å²) in [4.78, 5) is 16.1. The smallest absolute Gasteiger partial charge is 0.226 e. The van der Waals surface area contributed by atoms with Gasteiger partial charge in [-0.2, -0.15) is 0 Å². The molecule has 1 aromatic rings. The minimum Gasteiger partial charge on any atom is -0.353 e. The van der Waals surface area contributed by atoms with Gasteiger partial charge in [0.05, 0.1) is 17.6 Å². The Morgan fingerprint density at radius 2 is 2.39 bits per heavy atom. The van der Waals surface area contributed by atoms with Crippen molar-refractivity contribution in [1.82, 2.24) is 10.3 Å². The van der Waals surface area contributed by atoms with E-state index in [1.54, 1.807) is 16.8 Å². The fourth-order valence-corrected chi connectivity index (χ4v) is 3.29. The van der Waals surface area contributed by atoms with Crippen LogP contribution >= 0.6 is 11.3 Å². The summed E-state index contributed by atoms with van der Waals surface area (Å²) < 4.78 is 0. The second kappa shape index (κ2) is 6.32. The molecule has 1 amide bonds. The Hall–Kier alpha value is -0.900. The maximum atomic E-state index is 11.9. The molecule has 3 nitrogen and oxygen atoms in total. The van der Waals surface area contributed by atoms with Gasteiger partial charge in [-0.15, -0.1) is 11.3 Å². The number of nitrogens with zero attached hydrogens (tertiary/aromatic N) is 1. The molecule has 1 aliphatic carbocycles. The molecule has 0 aliphatic heterocycles. The van der Waals surface area contributed by atoms with E-state index < -0.39 is 0 Å². The minimum atomic E-state index is 0.121. The van der Waals surface area contributed by atoms with Crippen LogP contribution in [0.2, 0.25) is 0 Å². The first-order chi connectivity index (χ1) is 8.65. The average molecular weight is 266 g/mol. The van der Waals surface area contributed by atoms with Crippen LogP contribution in [0.15, 0.2) is 10.9 Å². The lowest BCUT2D eigenvalue weighted by Crippen LogP contribution is -2.40. The van der Waals surface area contributed by atoms with Gasteiger partial charge in [-0.25, -0.2) is 4.98 Å². The third-order valence-electron chi connectivity index (χ3n) is 3.85. The third kappa shape index (κ3) is 3.80. The van der Waals surface area contributed by atoms with Crippen LogP contribution in [-0.4, -0.2) is 16.9 Å². The molecule has 0 saturated heterocycles. The van der Waals surface area contributed by atoms with Gasteiger partial charge in [0.2, 0.25) is 5.91 Å². The number of thiazole rings is 1. The summed E-state index contributed by atoms with van der Waals surface area (Å²) in [5.74, 6) is 1.61. The van der Waals surface area contributed by atoms with Crippen LogP contribution < -0.4 is 5.32 Å². The highest BCUT2D eigenvalue weighted by atomic mass is 32.1. The van der Waals surface area contributed by atoms with Gasteiger partial charge < -0.3 is 5.32 Å². The van der Waals surface area contributed by atoms with Crippen molar-refractivity contribution in [3.63, 3.8) is 0 Å². The van der Waals surface area contributed by atoms with E-state index in [0.717, 1.165) is 30.4 Å². The normalized spacial score (nSPS) is 24.2. The molecule has 2 rings (SSSR count). The molecule has 1 heterocycles. The number of hydrogen-bond acceptors (Lipinski definition) is 3. The van der Waals surface area contributed by atoms with Crippen LogP contribution in [0.1, 0.15) is 45.2 Å². The molecule has 4 heteroatoms. The largest absolute Gasteiger partial charge is 0.353 e. The maximum absolute atomic E-state index is 11.9. The number of carbonyl (C=O) groups is 1. The predicted molar refractivity (Wildman–Crippen MR) is 74.5 cm³/mol. The number of nitrogens with one attached hydrogen (secondary N) is 1. The lowest BCUT2D eigenvalue weighted by atomic mass is 9.79. The van der Waals surface area contributed by atoms with E-state index in [2.05, 4.69) is 24.1 Å². The van der Waals surface area contributed by atoms with E-state index >= 15 is 0 Å². The lowest BCUT2D eigenvalue weighted by molar-refractivity contribution is -0.121. The molecule has 18 heavy (non-hydrogen) atoms. The number of rotatable bonds is 4. The Balaban J connectivity index is 1.80. The van der Waals surface area contributed by atoms with Crippen molar-refractivity contribution < 1.29 is 4.79 Å². The van der Waals surface area contributed by atoms with Crippen LogP contribution in [0, 0.1) is 11.8 Å². The van der Waals surface area contributed by atoms with Crippen molar-refractivity contribution >= 4 is 17.2 Å². The van der Waals surface area contributed by atoms with Crippen molar-refractivity contribution in [2.75, 3.05) is 0 Å². The average Bonchev–Trinajstić information content (AvgIpc) is 2.82. The molecular weight excluding hydrogens is 244 g/mol. The molecule has 2 unspecified atom stereocenters. The molecule has 2 atom stereocenters. The van der Waals surface area contributed by atoms with Gasteiger partial charge in [0, 0.05) is 11.4 Å². The topological polar surface area (TPSA) is 42.0 Å². The van der Waals surface area contributed by atoms with E-state index in [0.29, 0.717) is 12.5 Å². The Bertz CT molecular complexity index is 375. The summed E-state index contributed by atoms with van der Waals surface area (Å²) in [6.07, 6.45) is 5.25. The van der Waals surface area contributed by atoms with Gasteiger partial charge in [-0.3, -0.25) is 4.79 Å². The van der Waals surface area contributed by atoms with Crippen molar-refractivity contribution in [3.8, 4) is 0 Å². The molecule has 1 N–H and O–H groups in total. The third-order valence-corrected chi connectivity index (χ3v) is 4.48. The molecule has 0 radical (unpaired) electrons. The molecule has 0 aromatic carbocycles. The summed E-state index contributed by atoms with van der Waals surface area (Å²) in [7, 11) is 0.